The molecule has 7 heteroatoms. The first kappa shape index (κ1) is 14.5. The van der Waals surface area contributed by atoms with Crippen LogP contribution in [0.1, 0.15) is 41.6 Å². The van der Waals surface area contributed by atoms with Gasteiger partial charge in [0.2, 0.25) is 0 Å². The number of fused-ring (bicyclic) bond motifs is 4. The van der Waals surface area contributed by atoms with Gasteiger partial charge in [-0.25, -0.2) is 4.98 Å². The number of aryl methyl sites for hydroxylation is 1. The number of hydrogen-bond donors (Lipinski definition) is 1. The molecule has 2 unspecified atom stereocenters. The molecule has 0 spiro atoms. The zero-order valence-corrected chi connectivity index (χ0v) is 12.6. The topological polar surface area (TPSA) is 49.0 Å². The SMILES string of the molecule is Cc1nc2cc3c(cc2[nH]1)C1CCC3CN(C(=O)C(F)(F)F)C1. The standard InChI is InChI=1S/C16H16F3N3O/c1-8-20-13-4-11-9-2-3-10(12(11)5-14(13)21-8)7-22(6-9)15(23)16(17,18)19/h4-5,9-10H,2-3,6-7H2,1H3,(H,20,21). The molecule has 2 aromatic rings. The lowest BCUT2D eigenvalue weighted by Gasteiger charge is -2.26. The average molecular weight is 323 g/mol. The number of aromatic nitrogens is 2. The molecule has 1 N–H and O–H groups in total. The van der Waals surface area contributed by atoms with Crippen LogP contribution in [0.15, 0.2) is 12.1 Å². The summed E-state index contributed by atoms with van der Waals surface area (Å²) >= 11 is 0. The molecule has 3 aliphatic rings. The molecule has 2 atom stereocenters. The lowest BCUT2D eigenvalue weighted by molar-refractivity contribution is -0.185. The number of carbonyl (C=O) groups is 1. The summed E-state index contributed by atoms with van der Waals surface area (Å²) in [6.07, 6.45) is -3.17. The first-order valence-corrected chi connectivity index (χ1v) is 7.69. The first-order valence-electron chi connectivity index (χ1n) is 7.69. The molecule has 2 aliphatic heterocycles. The summed E-state index contributed by atoms with van der Waals surface area (Å²) in [7, 11) is 0. The van der Waals surface area contributed by atoms with E-state index in [1.54, 1.807) is 0 Å². The molecule has 1 aromatic heterocycles. The first-order chi connectivity index (χ1) is 10.8. The van der Waals surface area contributed by atoms with Gasteiger partial charge in [-0.2, -0.15) is 13.2 Å². The number of imidazole rings is 1. The van der Waals surface area contributed by atoms with E-state index in [0.29, 0.717) is 0 Å². The summed E-state index contributed by atoms with van der Waals surface area (Å²) in [6.45, 7) is 2.15. The summed E-state index contributed by atoms with van der Waals surface area (Å²) in [5, 5.41) is 0. The van der Waals surface area contributed by atoms with Crippen molar-refractivity contribution < 1.29 is 18.0 Å². The van der Waals surface area contributed by atoms with E-state index in [1.807, 2.05) is 19.1 Å². The van der Waals surface area contributed by atoms with Gasteiger partial charge in [0.05, 0.1) is 11.0 Å². The van der Waals surface area contributed by atoms with Gasteiger partial charge in [-0.3, -0.25) is 4.79 Å². The summed E-state index contributed by atoms with van der Waals surface area (Å²) in [5.74, 6) is -0.984. The number of nitrogens with zero attached hydrogens (tertiary/aromatic N) is 2. The Labute approximate surface area is 130 Å². The number of rotatable bonds is 0. The van der Waals surface area contributed by atoms with Crippen molar-refractivity contribution in [3.05, 3.63) is 29.1 Å². The van der Waals surface area contributed by atoms with E-state index in [0.717, 1.165) is 45.7 Å². The predicted octanol–water partition coefficient (Wildman–Crippen LogP) is 3.24. The number of benzene rings is 1. The minimum atomic E-state index is -4.80. The van der Waals surface area contributed by atoms with Crippen LogP contribution in [0.3, 0.4) is 0 Å². The minimum absolute atomic E-state index is 0.0388. The van der Waals surface area contributed by atoms with Gasteiger partial charge in [-0.15, -0.1) is 0 Å². The van der Waals surface area contributed by atoms with Crippen molar-refractivity contribution in [3.63, 3.8) is 0 Å². The van der Waals surface area contributed by atoms with Gasteiger partial charge in [-0.05, 0) is 43.0 Å². The number of hydrogen-bond acceptors (Lipinski definition) is 2. The Bertz CT molecular complexity index is 745. The lowest BCUT2D eigenvalue weighted by Crippen LogP contribution is -2.42. The van der Waals surface area contributed by atoms with Crippen LogP contribution in [0.2, 0.25) is 0 Å². The Morgan fingerprint density at radius 1 is 1.22 bits per heavy atom. The Morgan fingerprint density at radius 2 is 1.83 bits per heavy atom. The number of nitrogens with one attached hydrogen (secondary N) is 1. The maximum absolute atomic E-state index is 12.8. The summed E-state index contributed by atoms with van der Waals surface area (Å²) in [6, 6.07) is 3.98. The van der Waals surface area contributed by atoms with Gasteiger partial charge in [0.15, 0.2) is 0 Å². The van der Waals surface area contributed by atoms with Crippen molar-refractivity contribution >= 4 is 16.9 Å². The van der Waals surface area contributed by atoms with Crippen LogP contribution < -0.4 is 0 Å². The molecule has 1 amide bonds. The zero-order valence-electron chi connectivity index (χ0n) is 12.6. The van der Waals surface area contributed by atoms with Gasteiger partial charge in [-0.1, -0.05) is 0 Å². The molecular formula is C16H16F3N3O. The second kappa shape index (κ2) is 4.72. The fourth-order valence-corrected chi connectivity index (χ4v) is 3.97. The fraction of sp³-hybridized carbons (Fsp3) is 0.500. The Kier molecular flexibility index (Phi) is 2.98. The highest BCUT2D eigenvalue weighted by molar-refractivity contribution is 5.83. The highest BCUT2D eigenvalue weighted by Gasteiger charge is 2.46. The Morgan fingerprint density at radius 3 is 2.43 bits per heavy atom. The van der Waals surface area contributed by atoms with Gasteiger partial charge < -0.3 is 9.88 Å². The van der Waals surface area contributed by atoms with Crippen LogP contribution >= 0.6 is 0 Å². The third-order valence-electron chi connectivity index (χ3n) is 4.96. The molecule has 1 fully saturated rings. The quantitative estimate of drug-likeness (QED) is 0.809. The van der Waals surface area contributed by atoms with Gasteiger partial charge in [0.1, 0.15) is 5.82 Å². The van der Waals surface area contributed by atoms with Crippen molar-refractivity contribution in [2.45, 2.75) is 37.8 Å². The molecule has 0 radical (unpaired) electrons. The molecular weight excluding hydrogens is 307 g/mol. The van der Waals surface area contributed by atoms with E-state index >= 15 is 0 Å². The molecule has 122 valence electrons. The van der Waals surface area contributed by atoms with Crippen molar-refractivity contribution in [1.82, 2.24) is 14.9 Å². The number of H-pyrrole nitrogens is 1. The van der Waals surface area contributed by atoms with Crippen molar-refractivity contribution in [2.75, 3.05) is 13.1 Å². The van der Waals surface area contributed by atoms with Crippen LogP contribution in [0.4, 0.5) is 13.2 Å². The third-order valence-corrected chi connectivity index (χ3v) is 4.96. The second-order valence-electron chi connectivity index (χ2n) is 6.50. The number of alkyl halides is 3. The lowest BCUT2D eigenvalue weighted by atomic mass is 9.78. The number of carbonyl (C=O) groups excluding carboxylic acids is 1. The van der Waals surface area contributed by atoms with E-state index < -0.39 is 12.1 Å². The monoisotopic (exact) mass is 323 g/mol. The van der Waals surface area contributed by atoms with Crippen LogP contribution in [0, 0.1) is 6.92 Å². The summed E-state index contributed by atoms with van der Waals surface area (Å²) in [4.78, 5) is 20.2. The second-order valence-corrected chi connectivity index (χ2v) is 6.50. The third kappa shape index (κ3) is 2.29. The smallest absolute Gasteiger partial charge is 0.342 e. The maximum Gasteiger partial charge on any atom is 0.471 e. The molecule has 1 aliphatic carbocycles. The maximum atomic E-state index is 12.8. The van der Waals surface area contributed by atoms with E-state index in [9.17, 15) is 18.0 Å². The fourth-order valence-electron chi connectivity index (χ4n) is 3.97. The van der Waals surface area contributed by atoms with Crippen LogP contribution in [-0.2, 0) is 4.79 Å². The minimum Gasteiger partial charge on any atom is -0.342 e. The van der Waals surface area contributed by atoms with Crippen LogP contribution in [0.25, 0.3) is 11.0 Å². The molecule has 1 aromatic carbocycles. The van der Waals surface area contributed by atoms with E-state index in [-0.39, 0.29) is 24.9 Å². The normalized spacial score (nSPS) is 23.9. The van der Waals surface area contributed by atoms with Crippen LogP contribution in [0.5, 0.6) is 0 Å². The van der Waals surface area contributed by atoms with Gasteiger partial charge in [0.25, 0.3) is 0 Å². The number of halogens is 3. The van der Waals surface area contributed by atoms with Gasteiger partial charge in [0, 0.05) is 24.9 Å². The molecule has 4 nitrogen and oxygen atoms in total. The van der Waals surface area contributed by atoms with E-state index in [4.69, 9.17) is 0 Å². The van der Waals surface area contributed by atoms with Crippen LogP contribution in [-0.4, -0.2) is 40.0 Å². The summed E-state index contributed by atoms with van der Waals surface area (Å²) in [5.41, 5.74) is 3.86. The Balaban J connectivity index is 1.76. The summed E-state index contributed by atoms with van der Waals surface area (Å²) < 4.78 is 38.4. The zero-order chi connectivity index (χ0) is 16.4. The molecule has 2 bridgehead atoms. The highest BCUT2D eigenvalue weighted by Crippen LogP contribution is 2.44. The molecule has 3 heterocycles. The predicted molar refractivity (Wildman–Crippen MR) is 78.2 cm³/mol. The van der Waals surface area contributed by atoms with Crippen molar-refractivity contribution in [1.29, 1.82) is 0 Å². The van der Waals surface area contributed by atoms with E-state index in [1.165, 1.54) is 0 Å². The molecule has 0 saturated carbocycles. The average Bonchev–Trinajstić information content (AvgIpc) is 2.65. The largest absolute Gasteiger partial charge is 0.471 e. The van der Waals surface area contributed by atoms with Crippen molar-refractivity contribution in [3.8, 4) is 0 Å². The number of aromatic amines is 1. The molecule has 23 heavy (non-hydrogen) atoms. The van der Waals surface area contributed by atoms with E-state index in [2.05, 4.69) is 9.97 Å². The molecule has 1 saturated heterocycles. The number of amides is 1. The van der Waals surface area contributed by atoms with Crippen molar-refractivity contribution in [2.24, 2.45) is 0 Å². The van der Waals surface area contributed by atoms with Gasteiger partial charge >= 0.3 is 12.1 Å². The Hall–Kier alpha value is -2.05. The highest BCUT2D eigenvalue weighted by atomic mass is 19.4. The molecule has 5 rings (SSSR count).